The summed E-state index contributed by atoms with van der Waals surface area (Å²) >= 11 is 0. The van der Waals surface area contributed by atoms with Gasteiger partial charge in [-0.15, -0.1) is 0 Å². The molecule has 6 heteroatoms. The Morgan fingerprint density at radius 1 is 1.12 bits per heavy atom. The summed E-state index contributed by atoms with van der Waals surface area (Å²) in [6, 6.07) is 12.5. The van der Waals surface area contributed by atoms with Crippen LogP contribution in [0.3, 0.4) is 0 Å². The van der Waals surface area contributed by atoms with E-state index >= 15 is 0 Å². The van der Waals surface area contributed by atoms with Crippen molar-refractivity contribution >= 4 is 0 Å². The molecule has 0 amide bonds. The number of rotatable bonds is 4. The van der Waals surface area contributed by atoms with Crippen LogP contribution in [0.2, 0.25) is 0 Å². The van der Waals surface area contributed by atoms with Gasteiger partial charge in [0.1, 0.15) is 11.6 Å². The highest BCUT2D eigenvalue weighted by Crippen LogP contribution is 2.36. The summed E-state index contributed by atoms with van der Waals surface area (Å²) in [4.78, 5) is 0. The van der Waals surface area contributed by atoms with Crippen molar-refractivity contribution < 1.29 is 32.4 Å². The van der Waals surface area contributed by atoms with Crippen molar-refractivity contribution in [3.63, 3.8) is 0 Å². The lowest BCUT2D eigenvalue weighted by Crippen LogP contribution is -3.00. The minimum atomic E-state index is -0.194. The molecule has 0 bridgehead atoms. The van der Waals surface area contributed by atoms with Crippen LogP contribution in [0.15, 0.2) is 42.5 Å². The SMILES string of the molecule is Fc1ccc([C@@H]2CCNC[C@@H]2COc2ccc3c(c2)OCO3)cc1.[Cl-].[H+]. The van der Waals surface area contributed by atoms with E-state index in [4.69, 9.17) is 14.2 Å². The van der Waals surface area contributed by atoms with Crippen LogP contribution in [-0.2, 0) is 0 Å². The predicted molar refractivity (Wildman–Crippen MR) is 89.3 cm³/mol. The molecule has 1 N–H and O–H groups in total. The molecule has 2 aromatic carbocycles. The Morgan fingerprint density at radius 2 is 1.92 bits per heavy atom. The predicted octanol–water partition coefficient (Wildman–Crippen LogP) is 0.443. The van der Waals surface area contributed by atoms with E-state index in [0.717, 1.165) is 36.8 Å². The van der Waals surface area contributed by atoms with Crippen molar-refractivity contribution in [3.05, 3.63) is 53.8 Å². The number of piperidine rings is 1. The lowest BCUT2D eigenvalue weighted by atomic mass is 9.81. The van der Waals surface area contributed by atoms with Crippen LogP contribution in [-0.4, -0.2) is 26.5 Å². The number of hydrogen-bond donors (Lipinski definition) is 1. The van der Waals surface area contributed by atoms with Gasteiger partial charge in [-0.3, -0.25) is 0 Å². The third-order valence-corrected chi connectivity index (χ3v) is 4.71. The smallest absolute Gasteiger partial charge is 1.00 e. The van der Waals surface area contributed by atoms with Crippen LogP contribution in [0.1, 0.15) is 19.3 Å². The summed E-state index contributed by atoms with van der Waals surface area (Å²) in [7, 11) is 0. The minimum absolute atomic E-state index is 0. The number of hydrogen-bond acceptors (Lipinski definition) is 4. The highest BCUT2D eigenvalue weighted by Gasteiger charge is 2.27. The van der Waals surface area contributed by atoms with Crippen molar-refractivity contribution in [1.82, 2.24) is 5.32 Å². The monoisotopic (exact) mass is 365 g/mol. The first-order valence-corrected chi connectivity index (χ1v) is 8.28. The highest BCUT2D eigenvalue weighted by molar-refractivity contribution is 5.46. The topological polar surface area (TPSA) is 39.7 Å². The zero-order valence-corrected chi connectivity index (χ0v) is 14.5. The normalized spacial score (nSPS) is 21.5. The fourth-order valence-corrected chi connectivity index (χ4v) is 3.42. The second kappa shape index (κ2) is 7.93. The third-order valence-electron chi connectivity index (χ3n) is 4.71. The van der Waals surface area contributed by atoms with Gasteiger partial charge in [-0.1, -0.05) is 12.1 Å². The Balaban J connectivity index is 0.00000121. The molecule has 2 aliphatic heterocycles. The summed E-state index contributed by atoms with van der Waals surface area (Å²) in [5.41, 5.74) is 1.18. The molecule has 134 valence electrons. The molecule has 4 rings (SSSR count). The molecular weight excluding hydrogens is 345 g/mol. The molecule has 2 aromatic rings. The van der Waals surface area contributed by atoms with E-state index in [0.29, 0.717) is 18.4 Å². The van der Waals surface area contributed by atoms with E-state index in [-0.39, 0.29) is 26.4 Å². The van der Waals surface area contributed by atoms with Crippen molar-refractivity contribution in [2.24, 2.45) is 5.92 Å². The van der Waals surface area contributed by atoms with Crippen molar-refractivity contribution in [2.45, 2.75) is 12.3 Å². The summed E-state index contributed by atoms with van der Waals surface area (Å²) in [5, 5.41) is 3.43. The van der Waals surface area contributed by atoms with Crippen molar-refractivity contribution in [1.29, 1.82) is 0 Å². The second-order valence-corrected chi connectivity index (χ2v) is 6.24. The maximum absolute atomic E-state index is 13.2. The molecule has 1 fully saturated rings. The zero-order valence-electron chi connectivity index (χ0n) is 14.7. The van der Waals surface area contributed by atoms with Crippen LogP contribution in [0.5, 0.6) is 17.2 Å². The van der Waals surface area contributed by atoms with Gasteiger partial charge in [0.25, 0.3) is 0 Å². The third kappa shape index (κ3) is 3.99. The van der Waals surface area contributed by atoms with E-state index in [2.05, 4.69) is 5.32 Å². The molecule has 0 aromatic heterocycles. The van der Waals surface area contributed by atoms with Crippen LogP contribution >= 0.6 is 0 Å². The van der Waals surface area contributed by atoms with Crippen LogP contribution < -0.4 is 31.9 Å². The molecular formula is C19H21ClFNO3. The Kier molecular flexibility index (Phi) is 5.66. The standard InChI is InChI=1S/C19H20FNO3.ClH/c20-15-3-1-13(2-4-15)17-7-8-21-10-14(17)11-22-16-5-6-18-19(9-16)24-12-23-18;/h1-6,9,14,17,21H,7-8,10-12H2;1H/t14-,17+;/m1./s1. The lowest BCUT2D eigenvalue weighted by Gasteiger charge is -2.32. The average Bonchev–Trinajstić information content (AvgIpc) is 3.09. The van der Waals surface area contributed by atoms with Gasteiger partial charge < -0.3 is 31.9 Å². The summed E-state index contributed by atoms with van der Waals surface area (Å²) in [6.07, 6.45) is 1.03. The van der Waals surface area contributed by atoms with Gasteiger partial charge in [-0.25, -0.2) is 4.39 Å². The van der Waals surface area contributed by atoms with Gasteiger partial charge >= 0.3 is 1.43 Å². The molecule has 4 nitrogen and oxygen atoms in total. The number of ether oxygens (including phenoxy) is 3. The largest absolute Gasteiger partial charge is 1.00 e. The van der Waals surface area contributed by atoms with Gasteiger partial charge in [0.05, 0.1) is 6.61 Å². The number of fused-ring (bicyclic) bond motifs is 1. The van der Waals surface area contributed by atoms with Crippen molar-refractivity contribution in [3.8, 4) is 17.2 Å². The number of nitrogens with one attached hydrogen (secondary N) is 1. The van der Waals surface area contributed by atoms with Gasteiger partial charge in [-0.2, -0.15) is 0 Å². The lowest BCUT2D eigenvalue weighted by molar-refractivity contribution is -0.00000752. The second-order valence-electron chi connectivity index (χ2n) is 6.24. The fourth-order valence-electron chi connectivity index (χ4n) is 3.42. The molecule has 2 heterocycles. The first-order valence-electron chi connectivity index (χ1n) is 8.28. The molecule has 0 unspecified atom stereocenters. The van der Waals surface area contributed by atoms with E-state index < -0.39 is 0 Å². The Hall–Kier alpha value is -1.98. The van der Waals surface area contributed by atoms with Gasteiger partial charge in [-0.05, 0) is 48.7 Å². The first kappa shape index (κ1) is 17.8. The molecule has 0 radical (unpaired) electrons. The molecule has 2 aliphatic rings. The minimum Gasteiger partial charge on any atom is -1.00 e. The fraction of sp³-hybridized carbons (Fsp3) is 0.368. The summed E-state index contributed by atoms with van der Waals surface area (Å²) in [6.45, 7) is 2.74. The first-order chi connectivity index (χ1) is 11.8. The van der Waals surface area contributed by atoms with Crippen molar-refractivity contribution in [2.75, 3.05) is 26.5 Å². The van der Waals surface area contributed by atoms with Gasteiger partial charge in [0.15, 0.2) is 11.5 Å². The molecule has 0 spiro atoms. The maximum atomic E-state index is 13.2. The maximum Gasteiger partial charge on any atom is 1.00 e. The highest BCUT2D eigenvalue weighted by atomic mass is 35.5. The summed E-state index contributed by atoms with van der Waals surface area (Å²) < 4.78 is 29.9. The average molecular weight is 366 g/mol. The molecule has 0 aliphatic carbocycles. The van der Waals surface area contributed by atoms with E-state index in [1.165, 1.54) is 17.7 Å². The van der Waals surface area contributed by atoms with Crippen LogP contribution in [0.4, 0.5) is 4.39 Å². The Bertz CT molecular complexity index is 716. The molecule has 2 atom stereocenters. The van der Waals surface area contributed by atoms with Crippen LogP contribution in [0.25, 0.3) is 0 Å². The quantitative estimate of drug-likeness (QED) is 0.853. The van der Waals surface area contributed by atoms with E-state index in [1.807, 2.05) is 30.3 Å². The van der Waals surface area contributed by atoms with E-state index in [1.54, 1.807) is 0 Å². The van der Waals surface area contributed by atoms with E-state index in [9.17, 15) is 4.39 Å². The molecule has 1 saturated heterocycles. The van der Waals surface area contributed by atoms with Gasteiger partial charge in [0.2, 0.25) is 6.79 Å². The van der Waals surface area contributed by atoms with Crippen LogP contribution in [0, 0.1) is 11.7 Å². The van der Waals surface area contributed by atoms with Gasteiger partial charge in [0, 0.05) is 18.5 Å². The molecule has 0 saturated carbocycles. The Labute approximate surface area is 154 Å². The Morgan fingerprint density at radius 3 is 2.76 bits per heavy atom. The molecule has 25 heavy (non-hydrogen) atoms. The number of halogens is 2. The number of benzene rings is 2. The summed E-state index contributed by atoms with van der Waals surface area (Å²) in [5.74, 6) is 2.79. The zero-order chi connectivity index (χ0) is 16.4.